The van der Waals surface area contributed by atoms with Crippen molar-refractivity contribution in [3.63, 3.8) is 0 Å². The van der Waals surface area contributed by atoms with Crippen molar-refractivity contribution in [1.82, 2.24) is 4.57 Å². The predicted molar refractivity (Wildman–Crippen MR) is 171 cm³/mol. The lowest BCUT2D eigenvalue weighted by atomic mass is 9.95. The zero-order valence-corrected chi connectivity index (χ0v) is 26.5. The first-order valence-corrected chi connectivity index (χ1v) is 15.6. The molecular formula is C34H33ClN2O6S. The van der Waals surface area contributed by atoms with Crippen LogP contribution in [0.4, 0.5) is 0 Å². The van der Waals surface area contributed by atoms with E-state index >= 15 is 0 Å². The number of fused-ring (bicyclic) bond motifs is 1. The fourth-order valence-corrected chi connectivity index (χ4v) is 6.22. The number of aromatic nitrogens is 1. The third-order valence-electron chi connectivity index (χ3n) is 6.95. The van der Waals surface area contributed by atoms with Gasteiger partial charge in [0.15, 0.2) is 16.3 Å². The lowest BCUT2D eigenvalue weighted by molar-refractivity contribution is -0.139. The predicted octanol–water partition coefficient (Wildman–Crippen LogP) is 5.83. The maximum absolute atomic E-state index is 14.1. The van der Waals surface area contributed by atoms with Crippen LogP contribution in [0.15, 0.2) is 87.8 Å². The molecular weight excluding hydrogens is 600 g/mol. The van der Waals surface area contributed by atoms with Crippen LogP contribution in [-0.2, 0) is 16.1 Å². The Labute approximate surface area is 264 Å². The molecule has 0 bridgehead atoms. The zero-order chi connectivity index (χ0) is 31.2. The fourth-order valence-electron chi connectivity index (χ4n) is 4.99. The van der Waals surface area contributed by atoms with E-state index in [4.69, 9.17) is 30.5 Å². The van der Waals surface area contributed by atoms with Gasteiger partial charge in [0.05, 0.1) is 41.7 Å². The summed E-state index contributed by atoms with van der Waals surface area (Å²) in [7, 11) is 0. The van der Waals surface area contributed by atoms with E-state index in [0.29, 0.717) is 61.7 Å². The summed E-state index contributed by atoms with van der Waals surface area (Å²) in [6.45, 7) is 8.62. The van der Waals surface area contributed by atoms with Crippen molar-refractivity contribution in [1.29, 1.82) is 0 Å². The molecule has 1 aromatic heterocycles. The lowest BCUT2D eigenvalue weighted by Crippen LogP contribution is -2.40. The van der Waals surface area contributed by atoms with Crippen molar-refractivity contribution in [2.45, 2.75) is 40.3 Å². The second-order valence-electron chi connectivity index (χ2n) is 9.79. The number of esters is 1. The minimum absolute atomic E-state index is 0.186. The molecule has 8 nitrogen and oxygen atoms in total. The summed E-state index contributed by atoms with van der Waals surface area (Å²) in [5, 5.41) is 0.618. The number of allylic oxidation sites excluding steroid dienone is 1. The molecule has 0 radical (unpaired) electrons. The molecule has 2 heterocycles. The molecule has 5 rings (SSSR count). The standard InChI is InChI=1S/C34H33ClN2O6S/c1-5-40-27-17-16-23(18-28(27)41-6-2)31-30(33(39)42-7-3)21(4)36-34-37(31)32(38)29(44-34)19-22-12-9-11-15-26(22)43-20-24-13-8-10-14-25(24)35/h8-19,31H,5-7,20H2,1-4H3/b29-19-/t31-/m0/s1. The number of thiazole rings is 1. The SMILES string of the molecule is CCOC(=O)C1=C(C)N=c2s/c(=C\c3ccccc3OCc3ccccc3Cl)c(=O)n2[C@H]1c1ccc(OCC)c(OCC)c1. The summed E-state index contributed by atoms with van der Waals surface area (Å²) in [6, 6.07) is 19.6. The molecule has 0 aliphatic carbocycles. The van der Waals surface area contributed by atoms with E-state index in [1.807, 2.05) is 74.5 Å². The number of carbonyl (C=O) groups excluding carboxylic acids is 1. The number of rotatable bonds is 11. The molecule has 0 saturated heterocycles. The monoisotopic (exact) mass is 632 g/mol. The first-order chi connectivity index (χ1) is 21.4. The van der Waals surface area contributed by atoms with Gasteiger partial charge in [-0.3, -0.25) is 9.36 Å². The summed E-state index contributed by atoms with van der Waals surface area (Å²) >= 11 is 7.57. The molecule has 1 atom stereocenters. The Hall–Kier alpha value is -4.34. The molecule has 228 valence electrons. The molecule has 3 aromatic carbocycles. The van der Waals surface area contributed by atoms with Crippen LogP contribution in [0.5, 0.6) is 17.2 Å². The molecule has 0 amide bonds. The molecule has 4 aromatic rings. The second kappa shape index (κ2) is 14.0. The molecule has 44 heavy (non-hydrogen) atoms. The maximum Gasteiger partial charge on any atom is 0.338 e. The van der Waals surface area contributed by atoms with Crippen molar-refractivity contribution in [2.75, 3.05) is 19.8 Å². The molecule has 0 N–H and O–H groups in total. The highest BCUT2D eigenvalue weighted by Crippen LogP contribution is 2.36. The van der Waals surface area contributed by atoms with Crippen molar-refractivity contribution >= 4 is 35.0 Å². The van der Waals surface area contributed by atoms with Crippen LogP contribution < -0.4 is 29.1 Å². The Morgan fingerprint density at radius 3 is 2.41 bits per heavy atom. The number of hydrogen-bond acceptors (Lipinski definition) is 8. The number of ether oxygens (including phenoxy) is 4. The van der Waals surface area contributed by atoms with E-state index in [-0.39, 0.29) is 18.8 Å². The highest BCUT2D eigenvalue weighted by atomic mass is 35.5. The number of carbonyl (C=O) groups is 1. The van der Waals surface area contributed by atoms with Crippen LogP contribution >= 0.6 is 22.9 Å². The summed E-state index contributed by atoms with van der Waals surface area (Å²) in [4.78, 5) is 32.6. The van der Waals surface area contributed by atoms with Gasteiger partial charge in [0, 0.05) is 16.1 Å². The first-order valence-electron chi connectivity index (χ1n) is 14.4. The molecule has 0 saturated carbocycles. The third kappa shape index (κ3) is 6.44. The highest BCUT2D eigenvalue weighted by Gasteiger charge is 2.34. The number of nitrogens with zero attached hydrogens (tertiary/aromatic N) is 2. The van der Waals surface area contributed by atoms with Gasteiger partial charge in [-0.05, 0) is 63.6 Å². The van der Waals surface area contributed by atoms with Crippen molar-refractivity contribution in [3.05, 3.63) is 119 Å². The lowest BCUT2D eigenvalue weighted by Gasteiger charge is -2.25. The van der Waals surface area contributed by atoms with Gasteiger partial charge in [0.1, 0.15) is 12.4 Å². The second-order valence-corrected chi connectivity index (χ2v) is 11.2. The number of para-hydroxylation sites is 1. The van der Waals surface area contributed by atoms with Crippen LogP contribution in [0.25, 0.3) is 6.08 Å². The van der Waals surface area contributed by atoms with Gasteiger partial charge >= 0.3 is 5.97 Å². The zero-order valence-electron chi connectivity index (χ0n) is 25.0. The molecule has 0 spiro atoms. The molecule has 1 aliphatic rings. The minimum atomic E-state index is -0.783. The molecule has 0 fully saturated rings. The summed E-state index contributed by atoms with van der Waals surface area (Å²) < 4.78 is 25.2. The average molecular weight is 633 g/mol. The molecule has 10 heteroatoms. The van der Waals surface area contributed by atoms with E-state index in [2.05, 4.69) is 4.99 Å². The number of hydrogen-bond donors (Lipinski definition) is 0. The van der Waals surface area contributed by atoms with Crippen molar-refractivity contribution in [3.8, 4) is 17.2 Å². The first kappa shape index (κ1) is 31.1. The van der Waals surface area contributed by atoms with Gasteiger partial charge in [0.2, 0.25) is 0 Å². The Balaban J connectivity index is 1.63. The highest BCUT2D eigenvalue weighted by molar-refractivity contribution is 7.07. The summed E-state index contributed by atoms with van der Waals surface area (Å²) in [5.41, 5.74) is 2.73. The van der Waals surface area contributed by atoms with E-state index in [9.17, 15) is 9.59 Å². The van der Waals surface area contributed by atoms with Crippen molar-refractivity contribution < 1.29 is 23.7 Å². The quantitative estimate of drug-likeness (QED) is 0.193. The van der Waals surface area contributed by atoms with Crippen LogP contribution in [0.1, 0.15) is 50.4 Å². The van der Waals surface area contributed by atoms with Crippen molar-refractivity contribution in [2.24, 2.45) is 4.99 Å². The Morgan fingerprint density at radius 1 is 0.932 bits per heavy atom. The minimum Gasteiger partial charge on any atom is -0.490 e. The topological polar surface area (TPSA) is 88.4 Å². The number of benzene rings is 3. The average Bonchev–Trinajstić information content (AvgIpc) is 3.31. The van der Waals surface area contributed by atoms with Gasteiger partial charge < -0.3 is 18.9 Å². The van der Waals surface area contributed by atoms with Crippen LogP contribution in [-0.4, -0.2) is 30.4 Å². The Bertz CT molecular complexity index is 1890. The smallest absolute Gasteiger partial charge is 0.338 e. The van der Waals surface area contributed by atoms with Gasteiger partial charge in [0.25, 0.3) is 5.56 Å². The molecule has 1 aliphatic heterocycles. The van der Waals surface area contributed by atoms with Gasteiger partial charge in [-0.1, -0.05) is 65.4 Å². The largest absolute Gasteiger partial charge is 0.490 e. The Morgan fingerprint density at radius 2 is 1.66 bits per heavy atom. The third-order valence-corrected chi connectivity index (χ3v) is 8.30. The van der Waals surface area contributed by atoms with E-state index in [1.54, 1.807) is 30.6 Å². The van der Waals surface area contributed by atoms with Gasteiger partial charge in [-0.15, -0.1) is 0 Å². The van der Waals surface area contributed by atoms with E-state index in [0.717, 1.165) is 11.1 Å². The van der Waals surface area contributed by atoms with Crippen LogP contribution in [0.3, 0.4) is 0 Å². The Kier molecular flexibility index (Phi) is 9.87. The normalized spacial score (nSPS) is 14.6. The molecule has 0 unspecified atom stereocenters. The number of halogens is 1. The summed E-state index contributed by atoms with van der Waals surface area (Å²) in [6.07, 6.45) is 1.79. The maximum atomic E-state index is 14.1. The van der Waals surface area contributed by atoms with Crippen LogP contribution in [0.2, 0.25) is 5.02 Å². The van der Waals surface area contributed by atoms with Crippen LogP contribution in [0, 0.1) is 0 Å². The summed E-state index contributed by atoms with van der Waals surface area (Å²) in [5.74, 6) is 1.18. The van der Waals surface area contributed by atoms with Gasteiger partial charge in [-0.2, -0.15) is 0 Å². The van der Waals surface area contributed by atoms with E-state index < -0.39 is 12.0 Å². The van der Waals surface area contributed by atoms with Gasteiger partial charge in [-0.25, -0.2) is 9.79 Å². The fraction of sp³-hybridized carbons (Fsp3) is 0.265. The van der Waals surface area contributed by atoms with E-state index in [1.165, 1.54) is 11.3 Å².